The van der Waals surface area contributed by atoms with Crippen LogP contribution in [0.25, 0.3) is 0 Å². The van der Waals surface area contributed by atoms with Crippen molar-refractivity contribution in [2.75, 3.05) is 0 Å². The van der Waals surface area contributed by atoms with E-state index in [-0.39, 0.29) is 11.3 Å². The first-order valence-corrected chi connectivity index (χ1v) is 4.93. The zero-order valence-corrected chi connectivity index (χ0v) is 9.29. The van der Waals surface area contributed by atoms with Crippen molar-refractivity contribution in [1.82, 2.24) is 9.97 Å². The highest BCUT2D eigenvalue weighted by atomic mass is 16.1. The minimum Gasteiger partial charge on any atom is -0.351 e. The quantitative estimate of drug-likeness (QED) is 0.801. The van der Waals surface area contributed by atoms with E-state index in [1.54, 1.807) is 6.33 Å². The molecule has 0 saturated heterocycles. The fourth-order valence-electron chi connectivity index (χ4n) is 1.55. The van der Waals surface area contributed by atoms with E-state index in [0.717, 1.165) is 12.1 Å². The van der Waals surface area contributed by atoms with E-state index in [1.807, 2.05) is 33.9 Å². The molecule has 78 valence electrons. The second-order valence-corrected chi connectivity index (χ2v) is 4.78. The van der Waals surface area contributed by atoms with Crippen LogP contribution >= 0.6 is 0 Å². The molecule has 1 N–H and O–H groups in total. The summed E-state index contributed by atoms with van der Waals surface area (Å²) < 4.78 is 0. The van der Waals surface area contributed by atoms with E-state index < -0.39 is 0 Å². The summed E-state index contributed by atoms with van der Waals surface area (Å²) in [6, 6.07) is 0. The lowest BCUT2D eigenvalue weighted by molar-refractivity contribution is -0.129. The Kier molecular flexibility index (Phi) is 3.09. The summed E-state index contributed by atoms with van der Waals surface area (Å²) >= 11 is 0. The lowest BCUT2D eigenvalue weighted by Crippen LogP contribution is -2.27. The van der Waals surface area contributed by atoms with Crippen LogP contribution in [0, 0.1) is 11.3 Å². The average molecular weight is 194 g/mol. The van der Waals surface area contributed by atoms with E-state index >= 15 is 0 Å². The molecule has 0 amide bonds. The number of aromatic nitrogens is 2. The predicted octanol–water partition coefficient (Wildman–Crippen LogP) is 2.20. The number of H-pyrrole nitrogens is 1. The number of ketones is 1. The number of carbonyl (C=O) groups excluding carboxylic acids is 1. The Hall–Kier alpha value is -1.12. The van der Waals surface area contributed by atoms with Crippen LogP contribution in [0.2, 0.25) is 0 Å². The molecule has 1 heterocycles. The Bertz CT molecular complexity index is 296. The molecule has 0 aliphatic heterocycles. The van der Waals surface area contributed by atoms with Crippen LogP contribution in [-0.4, -0.2) is 15.8 Å². The topological polar surface area (TPSA) is 45.8 Å². The molecule has 1 aromatic rings. The summed E-state index contributed by atoms with van der Waals surface area (Å²) in [6.45, 7) is 7.82. The first kappa shape index (κ1) is 11.0. The van der Waals surface area contributed by atoms with Crippen LogP contribution < -0.4 is 0 Å². The van der Waals surface area contributed by atoms with Crippen molar-refractivity contribution in [3.05, 3.63) is 18.2 Å². The van der Waals surface area contributed by atoms with Gasteiger partial charge in [-0.2, -0.15) is 0 Å². The fraction of sp³-hybridized carbons (Fsp3) is 0.636. The minimum absolute atomic E-state index is 0.0401. The van der Waals surface area contributed by atoms with Crippen LogP contribution in [0.4, 0.5) is 0 Å². The SMILES string of the molecule is C[C@@H](Cc1c[nH]cn1)C(=O)C(C)(C)C. The Balaban J connectivity index is 2.59. The molecule has 3 heteroatoms. The normalized spacial score (nSPS) is 14.0. The van der Waals surface area contributed by atoms with Crippen LogP contribution in [0.15, 0.2) is 12.5 Å². The highest BCUT2D eigenvalue weighted by Crippen LogP contribution is 2.21. The van der Waals surface area contributed by atoms with Crippen molar-refractivity contribution < 1.29 is 4.79 Å². The Morgan fingerprint density at radius 1 is 1.57 bits per heavy atom. The van der Waals surface area contributed by atoms with Gasteiger partial charge >= 0.3 is 0 Å². The Morgan fingerprint density at radius 2 is 2.21 bits per heavy atom. The molecule has 0 bridgehead atoms. The van der Waals surface area contributed by atoms with Crippen molar-refractivity contribution in [3.8, 4) is 0 Å². The summed E-state index contributed by atoms with van der Waals surface area (Å²) in [5.41, 5.74) is 0.700. The van der Waals surface area contributed by atoms with E-state index in [1.165, 1.54) is 0 Å². The van der Waals surface area contributed by atoms with E-state index in [0.29, 0.717) is 5.78 Å². The van der Waals surface area contributed by atoms with Gasteiger partial charge in [0, 0.05) is 24.0 Å². The Labute approximate surface area is 84.9 Å². The number of rotatable bonds is 3. The number of Topliss-reactive ketones (excluding diaryl/α,β-unsaturated/α-hetero) is 1. The highest BCUT2D eigenvalue weighted by molar-refractivity contribution is 5.85. The molecule has 0 aliphatic rings. The second-order valence-electron chi connectivity index (χ2n) is 4.78. The molecule has 0 spiro atoms. The molecular formula is C11H18N2O. The van der Waals surface area contributed by atoms with Crippen LogP contribution in [-0.2, 0) is 11.2 Å². The third-order valence-corrected chi connectivity index (χ3v) is 2.26. The van der Waals surface area contributed by atoms with E-state index in [2.05, 4.69) is 9.97 Å². The van der Waals surface area contributed by atoms with Crippen molar-refractivity contribution in [2.24, 2.45) is 11.3 Å². The predicted molar refractivity (Wildman–Crippen MR) is 55.9 cm³/mol. The number of hydrogen-bond acceptors (Lipinski definition) is 2. The fourth-order valence-corrected chi connectivity index (χ4v) is 1.55. The largest absolute Gasteiger partial charge is 0.351 e. The van der Waals surface area contributed by atoms with Crippen molar-refractivity contribution in [1.29, 1.82) is 0 Å². The Morgan fingerprint density at radius 3 is 2.64 bits per heavy atom. The van der Waals surface area contributed by atoms with Crippen molar-refractivity contribution in [2.45, 2.75) is 34.1 Å². The monoisotopic (exact) mass is 194 g/mol. The summed E-state index contributed by atoms with van der Waals surface area (Å²) in [4.78, 5) is 18.9. The molecule has 1 aromatic heterocycles. The highest BCUT2D eigenvalue weighted by Gasteiger charge is 2.26. The molecule has 3 nitrogen and oxygen atoms in total. The molecule has 1 atom stereocenters. The average Bonchev–Trinajstić information content (AvgIpc) is 2.53. The number of imidazole rings is 1. The molecule has 0 aliphatic carbocycles. The van der Waals surface area contributed by atoms with Gasteiger partial charge < -0.3 is 4.98 Å². The number of hydrogen-bond donors (Lipinski definition) is 1. The lowest BCUT2D eigenvalue weighted by atomic mass is 9.82. The van der Waals surface area contributed by atoms with Crippen molar-refractivity contribution >= 4 is 5.78 Å². The summed E-state index contributed by atoms with van der Waals surface area (Å²) in [5, 5.41) is 0. The maximum atomic E-state index is 11.9. The smallest absolute Gasteiger partial charge is 0.141 e. The zero-order valence-electron chi connectivity index (χ0n) is 9.29. The number of nitrogens with zero attached hydrogens (tertiary/aromatic N) is 1. The molecule has 0 fully saturated rings. The third kappa shape index (κ3) is 2.69. The first-order chi connectivity index (χ1) is 6.41. The van der Waals surface area contributed by atoms with Gasteiger partial charge in [0.05, 0.1) is 12.0 Å². The van der Waals surface area contributed by atoms with E-state index in [9.17, 15) is 4.79 Å². The van der Waals surface area contributed by atoms with Gasteiger partial charge in [-0.05, 0) is 0 Å². The van der Waals surface area contributed by atoms with Gasteiger partial charge in [0.1, 0.15) is 5.78 Å². The summed E-state index contributed by atoms with van der Waals surface area (Å²) in [7, 11) is 0. The van der Waals surface area contributed by atoms with Crippen molar-refractivity contribution in [3.63, 3.8) is 0 Å². The second kappa shape index (κ2) is 3.95. The lowest BCUT2D eigenvalue weighted by Gasteiger charge is -2.21. The molecule has 1 rings (SSSR count). The maximum absolute atomic E-state index is 11.9. The summed E-state index contributed by atoms with van der Waals surface area (Å²) in [6.07, 6.45) is 4.20. The van der Waals surface area contributed by atoms with Gasteiger partial charge in [-0.15, -0.1) is 0 Å². The molecule has 14 heavy (non-hydrogen) atoms. The molecular weight excluding hydrogens is 176 g/mol. The number of nitrogens with one attached hydrogen (secondary N) is 1. The van der Waals surface area contributed by atoms with Gasteiger partial charge in [0.15, 0.2) is 0 Å². The number of aromatic amines is 1. The van der Waals surface area contributed by atoms with Crippen LogP contribution in [0.5, 0.6) is 0 Å². The minimum atomic E-state index is -0.254. The molecule has 0 unspecified atom stereocenters. The van der Waals surface area contributed by atoms with Gasteiger partial charge in [0.25, 0.3) is 0 Å². The standard InChI is InChI=1S/C11H18N2O/c1-8(10(14)11(2,3)4)5-9-6-12-7-13-9/h6-8H,5H2,1-4H3,(H,12,13)/t8-/m0/s1. The molecule has 0 saturated carbocycles. The van der Waals surface area contributed by atoms with Gasteiger partial charge in [-0.1, -0.05) is 27.7 Å². The zero-order chi connectivity index (χ0) is 10.8. The van der Waals surface area contributed by atoms with Crippen LogP contribution in [0.1, 0.15) is 33.4 Å². The van der Waals surface area contributed by atoms with E-state index in [4.69, 9.17) is 0 Å². The third-order valence-electron chi connectivity index (χ3n) is 2.26. The summed E-state index contributed by atoms with van der Waals surface area (Å²) in [5.74, 6) is 0.332. The van der Waals surface area contributed by atoms with Crippen LogP contribution in [0.3, 0.4) is 0 Å². The van der Waals surface area contributed by atoms with Gasteiger partial charge in [-0.25, -0.2) is 4.98 Å². The molecule has 0 radical (unpaired) electrons. The first-order valence-electron chi connectivity index (χ1n) is 4.93. The number of carbonyl (C=O) groups is 1. The maximum Gasteiger partial charge on any atom is 0.141 e. The molecule has 0 aromatic carbocycles. The van der Waals surface area contributed by atoms with Gasteiger partial charge in [-0.3, -0.25) is 4.79 Å². The van der Waals surface area contributed by atoms with Gasteiger partial charge in [0.2, 0.25) is 0 Å².